The predicted octanol–water partition coefficient (Wildman–Crippen LogP) is 4.47. The number of para-hydroxylation sites is 1. The Morgan fingerprint density at radius 1 is 1.17 bits per heavy atom. The summed E-state index contributed by atoms with van der Waals surface area (Å²) in [5.41, 5.74) is 13.4. The van der Waals surface area contributed by atoms with Gasteiger partial charge in [-0.15, -0.1) is 0 Å². The minimum Gasteiger partial charge on any atom is -0.395 e. The summed E-state index contributed by atoms with van der Waals surface area (Å²) in [7, 11) is 0. The molecule has 0 spiro atoms. The lowest BCUT2D eigenvalue weighted by Gasteiger charge is -2.15. The van der Waals surface area contributed by atoms with Gasteiger partial charge >= 0.3 is 0 Å². The standard InChI is InChI=1S/C19H22N4/c1-6-11-22-15(7-2)21-17-16(20)14(5)23(19(17)22)18-12(3)9-8-10-13(18)4/h6-11H,2,20H2,1,3-5H3/b11-6-. The largest absolute Gasteiger partial charge is 0.395 e. The molecule has 0 aliphatic carbocycles. The van der Waals surface area contributed by atoms with Gasteiger partial charge in [0.1, 0.15) is 11.3 Å². The second-order valence-electron chi connectivity index (χ2n) is 5.77. The van der Waals surface area contributed by atoms with E-state index in [2.05, 4.69) is 48.2 Å². The van der Waals surface area contributed by atoms with Gasteiger partial charge in [-0.1, -0.05) is 30.9 Å². The molecule has 2 heterocycles. The Morgan fingerprint density at radius 2 is 1.83 bits per heavy atom. The Hall–Kier alpha value is -2.75. The fraction of sp³-hybridized carbons (Fsp3) is 0.211. The number of fused-ring (bicyclic) bond motifs is 1. The molecule has 0 aliphatic rings. The van der Waals surface area contributed by atoms with Crippen LogP contribution in [0.5, 0.6) is 0 Å². The zero-order valence-corrected chi connectivity index (χ0v) is 14.1. The molecule has 0 saturated heterocycles. The summed E-state index contributed by atoms with van der Waals surface area (Å²) in [6, 6.07) is 6.31. The van der Waals surface area contributed by atoms with Crippen molar-refractivity contribution < 1.29 is 0 Å². The molecule has 4 heteroatoms. The molecule has 2 aromatic heterocycles. The van der Waals surface area contributed by atoms with Crippen LogP contribution in [0.4, 0.5) is 5.69 Å². The number of aryl methyl sites for hydroxylation is 2. The number of hydrogen-bond acceptors (Lipinski definition) is 2. The number of nitrogens with zero attached hydrogens (tertiary/aromatic N) is 3. The molecule has 0 atom stereocenters. The first-order valence-corrected chi connectivity index (χ1v) is 7.71. The molecule has 3 aromatic rings. The molecule has 1 aromatic carbocycles. The van der Waals surface area contributed by atoms with Crippen LogP contribution < -0.4 is 5.73 Å². The highest BCUT2D eigenvalue weighted by Crippen LogP contribution is 2.34. The molecule has 0 aliphatic heterocycles. The smallest absolute Gasteiger partial charge is 0.152 e. The number of imidazole rings is 1. The van der Waals surface area contributed by atoms with E-state index in [1.165, 1.54) is 11.1 Å². The van der Waals surface area contributed by atoms with Crippen LogP contribution in [0.15, 0.2) is 30.9 Å². The van der Waals surface area contributed by atoms with Crippen molar-refractivity contribution in [3.8, 4) is 5.69 Å². The topological polar surface area (TPSA) is 48.8 Å². The molecule has 0 saturated carbocycles. The Kier molecular flexibility index (Phi) is 3.60. The molecule has 0 amide bonds. The number of hydrogen-bond donors (Lipinski definition) is 1. The van der Waals surface area contributed by atoms with Crippen LogP contribution in [0.2, 0.25) is 0 Å². The van der Waals surface area contributed by atoms with Crippen LogP contribution in [0.25, 0.3) is 29.1 Å². The lowest BCUT2D eigenvalue weighted by Crippen LogP contribution is -2.06. The quantitative estimate of drug-likeness (QED) is 0.776. The summed E-state index contributed by atoms with van der Waals surface area (Å²) < 4.78 is 4.24. The molecule has 0 unspecified atom stereocenters. The van der Waals surface area contributed by atoms with Crippen molar-refractivity contribution in [2.75, 3.05) is 5.73 Å². The highest BCUT2D eigenvalue weighted by molar-refractivity contribution is 5.93. The Balaban J connectivity index is 2.53. The van der Waals surface area contributed by atoms with Gasteiger partial charge in [0.15, 0.2) is 5.65 Å². The molecular formula is C19H22N4. The lowest BCUT2D eigenvalue weighted by atomic mass is 10.1. The summed E-state index contributed by atoms with van der Waals surface area (Å²) in [6.07, 6.45) is 5.74. The summed E-state index contributed by atoms with van der Waals surface area (Å²) >= 11 is 0. The zero-order chi connectivity index (χ0) is 16.7. The summed E-state index contributed by atoms with van der Waals surface area (Å²) in [5.74, 6) is 0.791. The van der Waals surface area contributed by atoms with Gasteiger partial charge in [0.05, 0.1) is 11.4 Å². The van der Waals surface area contributed by atoms with Crippen LogP contribution in [0.3, 0.4) is 0 Å². The van der Waals surface area contributed by atoms with Crippen molar-refractivity contribution in [1.29, 1.82) is 0 Å². The average molecular weight is 306 g/mol. The number of benzene rings is 1. The van der Waals surface area contributed by atoms with Gasteiger partial charge in [0.2, 0.25) is 0 Å². The van der Waals surface area contributed by atoms with Crippen LogP contribution in [-0.4, -0.2) is 14.1 Å². The van der Waals surface area contributed by atoms with E-state index in [0.717, 1.165) is 28.4 Å². The van der Waals surface area contributed by atoms with Crippen LogP contribution >= 0.6 is 0 Å². The molecular weight excluding hydrogens is 284 g/mol. The van der Waals surface area contributed by atoms with E-state index >= 15 is 0 Å². The van der Waals surface area contributed by atoms with Crippen molar-refractivity contribution in [1.82, 2.24) is 14.1 Å². The maximum atomic E-state index is 6.35. The van der Waals surface area contributed by atoms with Gasteiger partial charge in [0, 0.05) is 11.9 Å². The first-order chi connectivity index (χ1) is 11.0. The molecule has 3 rings (SSSR count). The molecule has 4 nitrogen and oxygen atoms in total. The highest BCUT2D eigenvalue weighted by atomic mass is 15.2. The summed E-state index contributed by atoms with van der Waals surface area (Å²) in [5, 5.41) is 0. The van der Waals surface area contributed by atoms with E-state index in [1.54, 1.807) is 6.08 Å². The third kappa shape index (κ3) is 2.10. The molecule has 2 N–H and O–H groups in total. The van der Waals surface area contributed by atoms with Crippen molar-refractivity contribution in [2.24, 2.45) is 0 Å². The third-order valence-electron chi connectivity index (χ3n) is 4.25. The van der Waals surface area contributed by atoms with Crippen LogP contribution in [0.1, 0.15) is 29.6 Å². The van der Waals surface area contributed by atoms with E-state index in [1.807, 2.05) is 30.7 Å². The number of nitrogen functional groups attached to an aromatic ring is 1. The normalized spacial score (nSPS) is 11.7. The number of rotatable bonds is 3. The van der Waals surface area contributed by atoms with Crippen LogP contribution in [0, 0.1) is 20.8 Å². The van der Waals surface area contributed by atoms with Crippen molar-refractivity contribution >= 4 is 29.1 Å². The van der Waals surface area contributed by atoms with Crippen molar-refractivity contribution in [3.63, 3.8) is 0 Å². The fourth-order valence-corrected chi connectivity index (χ4v) is 3.16. The summed E-state index contributed by atoms with van der Waals surface area (Å²) in [4.78, 5) is 4.66. The minimum absolute atomic E-state index is 0.717. The van der Waals surface area contributed by atoms with E-state index in [0.29, 0.717) is 5.69 Å². The van der Waals surface area contributed by atoms with Crippen molar-refractivity contribution in [3.05, 3.63) is 53.5 Å². The fourth-order valence-electron chi connectivity index (χ4n) is 3.16. The van der Waals surface area contributed by atoms with Gasteiger partial charge in [-0.05, 0) is 44.9 Å². The Bertz CT molecular complexity index is 918. The zero-order valence-electron chi connectivity index (χ0n) is 14.1. The van der Waals surface area contributed by atoms with E-state index < -0.39 is 0 Å². The maximum absolute atomic E-state index is 6.35. The van der Waals surface area contributed by atoms with Gasteiger partial charge in [-0.3, -0.25) is 9.13 Å². The Labute approximate surface area is 136 Å². The SMILES string of the molecule is C=Cc1nc2c(N)c(C)n(-c3c(C)cccc3C)c2n1/C=C\C. The monoisotopic (exact) mass is 306 g/mol. The highest BCUT2D eigenvalue weighted by Gasteiger charge is 2.21. The molecule has 0 fully saturated rings. The number of anilines is 1. The summed E-state index contributed by atoms with van der Waals surface area (Å²) in [6.45, 7) is 12.1. The van der Waals surface area contributed by atoms with Crippen molar-refractivity contribution in [2.45, 2.75) is 27.7 Å². The first kappa shape index (κ1) is 15.2. The minimum atomic E-state index is 0.717. The Morgan fingerprint density at radius 3 is 2.39 bits per heavy atom. The first-order valence-electron chi connectivity index (χ1n) is 7.71. The number of nitrogens with two attached hydrogens (primary N) is 1. The number of allylic oxidation sites excluding steroid dienone is 1. The van der Waals surface area contributed by atoms with Gasteiger partial charge in [-0.25, -0.2) is 4.98 Å². The molecule has 0 radical (unpaired) electrons. The van der Waals surface area contributed by atoms with Gasteiger partial charge in [0.25, 0.3) is 0 Å². The molecule has 0 bridgehead atoms. The van der Waals surface area contributed by atoms with Gasteiger partial charge < -0.3 is 5.73 Å². The van der Waals surface area contributed by atoms with E-state index in [9.17, 15) is 0 Å². The maximum Gasteiger partial charge on any atom is 0.152 e. The second-order valence-corrected chi connectivity index (χ2v) is 5.77. The van der Waals surface area contributed by atoms with E-state index in [-0.39, 0.29) is 0 Å². The molecule has 118 valence electrons. The molecule has 23 heavy (non-hydrogen) atoms. The number of aromatic nitrogens is 3. The second kappa shape index (κ2) is 5.47. The van der Waals surface area contributed by atoms with E-state index in [4.69, 9.17) is 5.73 Å². The van der Waals surface area contributed by atoms with Crippen LogP contribution in [-0.2, 0) is 0 Å². The van der Waals surface area contributed by atoms with Gasteiger partial charge in [-0.2, -0.15) is 0 Å². The average Bonchev–Trinajstić information content (AvgIpc) is 2.98. The predicted molar refractivity (Wildman–Crippen MR) is 98.8 cm³/mol. The third-order valence-corrected chi connectivity index (χ3v) is 4.25. The lowest BCUT2D eigenvalue weighted by molar-refractivity contribution is 0.974.